The van der Waals surface area contributed by atoms with Gasteiger partial charge in [0.15, 0.2) is 0 Å². The van der Waals surface area contributed by atoms with Gasteiger partial charge in [0.1, 0.15) is 0 Å². The number of piperidine rings is 1. The molecule has 0 spiro atoms. The fourth-order valence-electron chi connectivity index (χ4n) is 9.73. The lowest BCUT2D eigenvalue weighted by Crippen LogP contribution is -2.61. The predicted molar refractivity (Wildman–Crippen MR) is 168 cm³/mol. The van der Waals surface area contributed by atoms with E-state index < -0.39 is 0 Å². The Morgan fingerprint density at radius 3 is 2.23 bits per heavy atom. The van der Waals surface area contributed by atoms with Crippen molar-refractivity contribution in [3.05, 3.63) is 0 Å². The van der Waals surface area contributed by atoms with Gasteiger partial charge in [-0.2, -0.15) is 11.8 Å². The summed E-state index contributed by atoms with van der Waals surface area (Å²) in [6, 6.07) is 0.432. The molecule has 4 aliphatic rings. The maximum absolute atomic E-state index is 12.6. The molecule has 4 nitrogen and oxygen atoms in total. The van der Waals surface area contributed by atoms with Gasteiger partial charge in [-0.25, -0.2) is 0 Å². The van der Waals surface area contributed by atoms with Gasteiger partial charge in [0, 0.05) is 25.9 Å². The smallest absolute Gasteiger partial charge is 0.305 e. The van der Waals surface area contributed by atoms with Gasteiger partial charge in [-0.15, -0.1) is 0 Å². The molecule has 1 heterocycles. The molecule has 0 radical (unpaired) electrons. The first-order valence-corrected chi connectivity index (χ1v) is 18.2. The molecule has 3 saturated carbocycles. The monoisotopic (exact) mass is 575 g/mol. The molecule has 1 aliphatic heterocycles. The molecular formula is C35H61NO3S. The quantitative estimate of drug-likeness (QED) is 0.144. The number of carbonyl (C=O) groups is 2. The minimum atomic E-state index is 0.0305. The molecule has 5 heteroatoms. The summed E-state index contributed by atoms with van der Waals surface area (Å²) in [4.78, 5) is 27.1. The number of fused-ring (bicyclic) bond motifs is 5. The van der Waals surface area contributed by atoms with Crippen molar-refractivity contribution in [2.24, 2.45) is 34.5 Å². The summed E-state index contributed by atoms with van der Waals surface area (Å²) in [5, 5.41) is 0.767. The highest BCUT2D eigenvalue weighted by molar-refractivity contribution is 7.99. The number of hydrogen-bond acceptors (Lipinski definition) is 4. The highest BCUT2D eigenvalue weighted by Gasteiger charge is 2.61. The van der Waals surface area contributed by atoms with E-state index in [4.69, 9.17) is 4.74 Å². The van der Waals surface area contributed by atoms with Crippen LogP contribution < -0.4 is 0 Å². The topological polar surface area (TPSA) is 46.6 Å². The largest absolute Gasteiger partial charge is 0.465 e. The standard InChI is InChI=1S/C35H61NO3S/c1-26(2)40-24-14-12-10-8-6-7-9-11-13-15-33(38)39-25-27-16-18-29-28-17-19-31-35(4,23-21-32(37)36(31)5)30(28)20-22-34(27,29)3/h26-31H,6-25H2,1-5H3/t27?,28-,29-,30+,31?,34+,35+/m0/s1. The van der Waals surface area contributed by atoms with Gasteiger partial charge in [-0.05, 0) is 103 Å². The van der Waals surface area contributed by atoms with E-state index in [1.54, 1.807) is 0 Å². The van der Waals surface area contributed by atoms with Gasteiger partial charge in [0.25, 0.3) is 0 Å². The lowest BCUT2D eigenvalue weighted by atomic mass is 9.47. The van der Waals surface area contributed by atoms with E-state index >= 15 is 0 Å². The van der Waals surface area contributed by atoms with Crippen molar-refractivity contribution in [1.29, 1.82) is 0 Å². The van der Waals surface area contributed by atoms with Crippen molar-refractivity contribution < 1.29 is 14.3 Å². The minimum absolute atomic E-state index is 0.0305. The van der Waals surface area contributed by atoms with E-state index in [9.17, 15) is 9.59 Å². The van der Waals surface area contributed by atoms with Crippen LogP contribution in [0.3, 0.4) is 0 Å². The summed E-state index contributed by atoms with van der Waals surface area (Å²) in [5.74, 6) is 4.50. The van der Waals surface area contributed by atoms with Crippen LogP contribution in [0, 0.1) is 34.5 Å². The van der Waals surface area contributed by atoms with E-state index in [-0.39, 0.29) is 11.4 Å². The Morgan fingerprint density at radius 1 is 0.875 bits per heavy atom. The van der Waals surface area contributed by atoms with E-state index in [1.807, 2.05) is 0 Å². The fourth-order valence-corrected chi connectivity index (χ4v) is 10.6. The number of rotatable bonds is 15. The average Bonchev–Trinajstić information content (AvgIpc) is 3.26. The third-order valence-electron chi connectivity index (χ3n) is 12.2. The molecule has 40 heavy (non-hydrogen) atoms. The Bertz CT molecular complexity index is 831. The summed E-state index contributed by atoms with van der Waals surface area (Å²) in [7, 11) is 2.05. The van der Waals surface area contributed by atoms with Gasteiger partial charge < -0.3 is 9.64 Å². The maximum atomic E-state index is 12.6. The SMILES string of the molecule is CC(C)SCCCCCCCCCCCC(=O)OCC1CC[C@H]2[C@@H]3CCC4N(C)C(=O)CC[C@]4(C)[C@@H]3CC[C@]12C. The first-order chi connectivity index (χ1) is 19.2. The molecule has 0 bridgehead atoms. The highest BCUT2D eigenvalue weighted by atomic mass is 32.2. The highest BCUT2D eigenvalue weighted by Crippen LogP contribution is 2.66. The van der Waals surface area contributed by atoms with Crippen LogP contribution in [0.15, 0.2) is 0 Å². The number of hydrogen-bond donors (Lipinski definition) is 0. The van der Waals surface area contributed by atoms with Gasteiger partial charge in [-0.3, -0.25) is 9.59 Å². The second kappa shape index (κ2) is 14.6. The summed E-state index contributed by atoms with van der Waals surface area (Å²) < 4.78 is 5.93. The number of carbonyl (C=O) groups excluding carboxylic acids is 2. The molecule has 0 aromatic heterocycles. The van der Waals surface area contributed by atoms with E-state index in [0.717, 1.165) is 48.7 Å². The lowest BCUT2D eigenvalue weighted by Gasteiger charge is -2.61. The molecule has 7 atom stereocenters. The molecular weight excluding hydrogens is 514 g/mol. The van der Waals surface area contributed by atoms with Gasteiger partial charge in [0.05, 0.1) is 6.61 Å². The number of ether oxygens (including phenoxy) is 1. The number of amides is 1. The van der Waals surface area contributed by atoms with E-state index in [2.05, 4.69) is 51.4 Å². The van der Waals surface area contributed by atoms with Crippen molar-refractivity contribution in [3.8, 4) is 0 Å². The molecule has 4 fully saturated rings. The Balaban J connectivity index is 1.11. The summed E-state index contributed by atoms with van der Waals surface area (Å²) in [6.45, 7) is 10.2. The summed E-state index contributed by atoms with van der Waals surface area (Å²) >= 11 is 2.09. The van der Waals surface area contributed by atoms with Crippen LogP contribution in [0.2, 0.25) is 0 Å². The van der Waals surface area contributed by atoms with Crippen molar-refractivity contribution in [1.82, 2.24) is 4.90 Å². The number of unbranched alkanes of at least 4 members (excludes halogenated alkanes) is 8. The third-order valence-corrected chi connectivity index (χ3v) is 13.4. The van der Waals surface area contributed by atoms with E-state index in [1.165, 1.54) is 89.2 Å². The Hall–Kier alpha value is -0.710. The molecule has 230 valence electrons. The molecule has 4 rings (SSSR count). The molecule has 0 N–H and O–H groups in total. The summed E-state index contributed by atoms with van der Waals surface area (Å²) in [6.07, 6.45) is 21.5. The predicted octanol–water partition coefficient (Wildman–Crippen LogP) is 9.05. The van der Waals surface area contributed by atoms with Crippen molar-refractivity contribution in [3.63, 3.8) is 0 Å². The van der Waals surface area contributed by atoms with Gasteiger partial charge >= 0.3 is 5.97 Å². The lowest BCUT2D eigenvalue weighted by molar-refractivity contribution is -0.160. The first-order valence-electron chi connectivity index (χ1n) is 17.2. The van der Waals surface area contributed by atoms with Crippen LogP contribution in [-0.2, 0) is 14.3 Å². The zero-order valence-corrected chi connectivity index (χ0v) is 27.5. The van der Waals surface area contributed by atoms with Crippen LogP contribution in [0.4, 0.5) is 0 Å². The van der Waals surface area contributed by atoms with Crippen molar-refractivity contribution >= 4 is 23.6 Å². The number of nitrogens with zero attached hydrogens (tertiary/aromatic N) is 1. The number of esters is 1. The van der Waals surface area contributed by atoms with E-state index in [0.29, 0.717) is 36.3 Å². The molecule has 3 aliphatic carbocycles. The fraction of sp³-hybridized carbons (Fsp3) is 0.943. The zero-order chi connectivity index (χ0) is 28.8. The first kappa shape index (κ1) is 32.2. The van der Waals surface area contributed by atoms with Crippen LogP contribution in [0.1, 0.15) is 143 Å². The third kappa shape index (κ3) is 7.43. The van der Waals surface area contributed by atoms with Crippen LogP contribution in [0.25, 0.3) is 0 Å². The molecule has 0 aromatic rings. The van der Waals surface area contributed by atoms with Crippen LogP contribution in [0.5, 0.6) is 0 Å². The maximum Gasteiger partial charge on any atom is 0.305 e. The summed E-state index contributed by atoms with van der Waals surface area (Å²) in [5.41, 5.74) is 0.595. The number of thioether (sulfide) groups is 1. The van der Waals surface area contributed by atoms with Crippen molar-refractivity contribution in [2.45, 2.75) is 155 Å². The zero-order valence-electron chi connectivity index (χ0n) is 26.7. The molecule has 1 saturated heterocycles. The van der Waals surface area contributed by atoms with Crippen molar-refractivity contribution in [2.75, 3.05) is 19.4 Å². The Morgan fingerprint density at radius 2 is 1.52 bits per heavy atom. The second-order valence-electron chi connectivity index (χ2n) is 14.8. The molecule has 1 amide bonds. The Kier molecular flexibility index (Phi) is 11.8. The Labute approximate surface area is 250 Å². The number of likely N-dealkylation sites (tertiary alicyclic amines) is 1. The normalized spacial score (nSPS) is 35.4. The van der Waals surface area contributed by atoms with Crippen LogP contribution in [-0.4, -0.2) is 47.5 Å². The molecule has 2 unspecified atom stereocenters. The van der Waals surface area contributed by atoms with Gasteiger partial charge in [0.2, 0.25) is 5.91 Å². The van der Waals surface area contributed by atoms with Crippen LogP contribution >= 0.6 is 11.8 Å². The minimum Gasteiger partial charge on any atom is -0.465 e. The molecule has 0 aromatic carbocycles. The average molecular weight is 576 g/mol. The van der Waals surface area contributed by atoms with Gasteiger partial charge in [-0.1, -0.05) is 72.6 Å². The second-order valence-corrected chi connectivity index (χ2v) is 16.5.